The maximum Gasteiger partial charge on any atom is 0.315 e. The highest BCUT2D eigenvalue weighted by Crippen LogP contribution is 2.22. The van der Waals surface area contributed by atoms with E-state index in [9.17, 15) is 0 Å². The summed E-state index contributed by atoms with van der Waals surface area (Å²) in [5, 5.41) is 14.1. The van der Waals surface area contributed by atoms with Crippen LogP contribution in [-0.2, 0) is 13.1 Å². The van der Waals surface area contributed by atoms with E-state index in [1.165, 1.54) is 4.88 Å². The summed E-state index contributed by atoms with van der Waals surface area (Å²) in [6, 6.07) is 4.53. The normalized spacial score (nSPS) is 10.7. The third-order valence-electron chi connectivity index (χ3n) is 2.04. The Kier molecular flexibility index (Phi) is 4.52. The first-order valence-corrected chi connectivity index (χ1v) is 6.90. The summed E-state index contributed by atoms with van der Waals surface area (Å²) in [6.07, 6.45) is 0. The molecule has 0 aromatic carbocycles. The summed E-state index contributed by atoms with van der Waals surface area (Å²) < 4.78 is 6.53. The molecular weight excluding hydrogens is 304 g/mol. The third-order valence-corrected chi connectivity index (χ3v) is 3.66. The minimum absolute atomic E-state index is 0.461. The van der Waals surface area contributed by atoms with Crippen LogP contribution in [0, 0.1) is 0 Å². The Morgan fingerprint density at radius 3 is 2.94 bits per heavy atom. The Bertz CT molecular complexity index is 470. The lowest BCUT2D eigenvalue weighted by molar-refractivity contribution is 0.481. The summed E-state index contributed by atoms with van der Waals surface area (Å²) in [4.78, 5) is 1.21. The molecule has 0 spiro atoms. The van der Waals surface area contributed by atoms with E-state index in [2.05, 4.69) is 42.8 Å². The molecule has 2 heterocycles. The number of halogens is 1. The van der Waals surface area contributed by atoms with Crippen LogP contribution in [0.15, 0.2) is 20.3 Å². The fourth-order valence-corrected chi connectivity index (χ4v) is 2.66. The highest BCUT2D eigenvalue weighted by atomic mass is 79.9. The number of anilines is 1. The first-order chi connectivity index (χ1) is 8.28. The minimum atomic E-state index is 0.461. The van der Waals surface area contributed by atoms with Gasteiger partial charge in [0.05, 0.1) is 16.9 Å². The minimum Gasteiger partial charge on any atom is -0.407 e. The molecule has 92 valence electrons. The standard InChI is InChI=1S/C10H13BrN4OS/c1-2-12-6-9-14-15-10(16-9)13-5-7-3-4-8(11)17-7/h3-4,12H,2,5-6H2,1H3,(H,13,15). The Morgan fingerprint density at radius 1 is 1.35 bits per heavy atom. The van der Waals surface area contributed by atoms with Crippen LogP contribution in [0.1, 0.15) is 17.7 Å². The van der Waals surface area contributed by atoms with Gasteiger partial charge in [0, 0.05) is 4.88 Å². The van der Waals surface area contributed by atoms with Crippen molar-refractivity contribution in [2.45, 2.75) is 20.0 Å². The molecule has 0 radical (unpaired) electrons. The van der Waals surface area contributed by atoms with Gasteiger partial charge in [-0.05, 0) is 34.6 Å². The number of rotatable bonds is 6. The summed E-state index contributed by atoms with van der Waals surface area (Å²) in [6.45, 7) is 4.22. The molecule has 0 unspecified atom stereocenters. The number of nitrogens with one attached hydrogen (secondary N) is 2. The lowest BCUT2D eigenvalue weighted by Gasteiger charge is -1.97. The molecule has 5 nitrogen and oxygen atoms in total. The van der Waals surface area contributed by atoms with Crippen LogP contribution < -0.4 is 10.6 Å². The lowest BCUT2D eigenvalue weighted by atomic mass is 10.5. The van der Waals surface area contributed by atoms with Crippen molar-refractivity contribution < 1.29 is 4.42 Å². The summed E-state index contributed by atoms with van der Waals surface area (Å²) >= 11 is 5.10. The Labute approximate surface area is 112 Å². The molecule has 0 amide bonds. The van der Waals surface area contributed by atoms with Crippen molar-refractivity contribution in [1.29, 1.82) is 0 Å². The third kappa shape index (κ3) is 3.79. The second kappa shape index (κ2) is 6.13. The second-order valence-electron chi connectivity index (χ2n) is 3.34. The first kappa shape index (κ1) is 12.5. The van der Waals surface area contributed by atoms with Crippen molar-refractivity contribution in [2.75, 3.05) is 11.9 Å². The van der Waals surface area contributed by atoms with Gasteiger partial charge in [-0.3, -0.25) is 0 Å². The van der Waals surface area contributed by atoms with Gasteiger partial charge in [-0.2, -0.15) is 0 Å². The molecule has 2 N–H and O–H groups in total. The van der Waals surface area contributed by atoms with Gasteiger partial charge in [0.15, 0.2) is 0 Å². The first-order valence-electron chi connectivity index (χ1n) is 5.29. The molecule has 0 saturated carbocycles. The topological polar surface area (TPSA) is 63.0 Å². The van der Waals surface area contributed by atoms with E-state index in [-0.39, 0.29) is 0 Å². The van der Waals surface area contributed by atoms with E-state index in [4.69, 9.17) is 4.42 Å². The average Bonchev–Trinajstić information content (AvgIpc) is 2.93. The van der Waals surface area contributed by atoms with Crippen LogP contribution in [0.5, 0.6) is 0 Å². The fourth-order valence-electron chi connectivity index (χ4n) is 1.24. The van der Waals surface area contributed by atoms with Gasteiger partial charge in [0.1, 0.15) is 0 Å². The van der Waals surface area contributed by atoms with Gasteiger partial charge in [0.2, 0.25) is 5.89 Å². The molecular formula is C10H13BrN4OS. The van der Waals surface area contributed by atoms with Gasteiger partial charge in [0.25, 0.3) is 0 Å². The second-order valence-corrected chi connectivity index (χ2v) is 5.89. The largest absolute Gasteiger partial charge is 0.407 e. The number of aromatic nitrogens is 2. The van der Waals surface area contributed by atoms with Gasteiger partial charge < -0.3 is 15.1 Å². The number of hydrogen-bond donors (Lipinski definition) is 2. The van der Waals surface area contributed by atoms with Crippen molar-refractivity contribution in [2.24, 2.45) is 0 Å². The SMILES string of the molecule is CCNCc1nnc(NCc2ccc(Br)s2)o1. The molecule has 2 rings (SSSR count). The van der Waals surface area contributed by atoms with Gasteiger partial charge in [-0.15, -0.1) is 16.4 Å². The quantitative estimate of drug-likeness (QED) is 0.857. The maximum atomic E-state index is 5.41. The van der Waals surface area contributed by atoms with E-state index in [0.29, 0.717) is 25.0 Å². The van der Waals surface area contributed by atoms with Crippen LogP contribution in [-0.4, -0.2) is 16.7 Å². The predicted molar refractivity (Wildman–Crippen MR) is 71.0 cm³/mol. The molecule has 0 bridgehead atoms. The molecule has 2 aromatic rings. The van der Waals surface area contributed by atoms with E-state index in [0.717, 1.165) is 10.3 Å². The van der Waals surface area contributed by atoms with E-state index in [1.54, 1.807) is 11.3 Å². The van der Waals surface area contributed by atoms with Gasteiger partial charge in [-0.25, -0.2) is 0 Å². The predicted octanol–water partition coefficient (Wildman–Crippen LogP) is 2.62. The van der Waals surface area contributed by atoms with E-state index < -0.39 is 0 Å². The summed E-state index contributed by atoms with van der Waals surface area (Å²) in [5.74, 6) is 0.599. The monoisotopic (exact) mass is 316 g/mol. The molecule has 0 fully saturated rings. The summed E-state index contributed by atoms with van der Waals surface area (Å²) in [5.41, 5.74) is 0. The fraction of sp³-hybridized carbons (Fsp3) is 0.400. The van der Waals surface area contributed by atoms with Crippen LogP contribution in [0.25, 0.3) is 0 Å². The number of hydrogen-bond acceptors (Lipinski definition) is 6. The molecule has 0 aliphatic heterocycles. The number of thiophene rings is 1. The van der Waals surface area contributed by atoms with Crippen LogP contribution in [0.2, 0.25) is 0 Å². The van der Waals surface area contributed by atoms with Crippen molar-refractivity contribution >= 4 is 33.3 Å². The molecule has 17 heavy (non-hydrogen) atoms. The zero-order chi connectivity index (χ0) is 12.1. The molecule has 2 aromatic heterocycles. The smallest absolute Gasteiger partial charge is 0.315 e. The Hall–Kier alpha value is -0.920. The Balaban J connectivity index is 1.84. The zero-order valence-corrected chi connectivity index (χ0v) is 11.8. The van der Waals surface area contributed by atoms with Crippen LogP contribution in [0.3, 0.4) is 0 Å². The van der Waals surface area contributed by atoms with Crippen molar-refractivity contribution in [1.82, 2.24) is 15.5 Å². The maximum absolute atomic E-state index is 5.41. The van der Waals surface area contributed by atoms with E-state index >= 15 is 0 Å². The highest BCUT2D eigenvalue weighted by molar-refractivity contribution is 9.11. The van der Waals surface area contributed by atoms with Crippen molar-refractivity contribution in [3.05, 3.63) is 26.7 Å². The van der Waals surface area contributed by atoms with Gasteiger partial charge >= 0.3 is 6.01 Å². The lowest BCUT2D eigenvalue weighted by Crippen LogP contribution is -2.11. The molecule has 0 aliphatic rings. The van der Waals surface area contributed by atoms with Crippen LogP contribution in [0.4, 0.5) is 6.01 Å². The molecule has 0 atom stereocenters. The zero-order valence-electron chi connectivity index (χ0n) is 9.36. The van der Waals surface area contributed by atoms with E-state index in [1.807, 2.05) is 13.0 Å². The Morgan fingerprint density at radius 2 is 2.24 bits per heavy atom. The summed E-state index contributed by atoms with van der Waals surface area (Å²) in [7, 11) is 0. The van der Waals surface area contributed by atoms with Gasteiger partial charge in [-0.1, -0.05) is 12.0 Å². The van der Waals surface area contributed by atoms with Crippen LogP contribution >= 0.6 is 27.3 Å². The molecule has 0 saturated heterocycles. The van der Waals surface area contributed by atoms with Crippen molar-refractivity contribution in [3.63, 3.8) is 0 Å². The molecule has 0 aliphatic carbocycles. The average molecular weight is 317 g/mol. The molecule has 7 heteroatoms. The van der Waals surface area contributed by atoms with Crippen molar-refractivity contribution in [3.8, 4) is 0 Å². The number of nitrogens with zero attached hydrogens (tertiary/aromatic N) is 2. The highest BCUT2D eigenvalue weighted by Gasteiger charge is 2.05.